The lowest BCUT2D eigenvalue weighted by molar-refractivity contribution is -0.161. The third kappa shape index (κ3) is 74.3. The number of esters is 4. The molecule has 0 fully saturated rings. The highest BCUT2D eigenvalue weighted by atomic mass is 31.2. The SMILES string of the molecule is CCCCCCCC(=O)OC[C@H](COP(=O)(O)OC[C@H](O)COP(=O)(O)OC[C@@H](COC(=O)CCCCCCCCCCCCCCCCCC(C)C)OC(=O)CCCCCCCCCCCCCCCCCCCCC(C)C)OC(=O)CCCCCCCCCCCCCCCC(C)C. The fourth-order valence-electron chi connectivity index (χ4n) is 12.5. The topological polar surface area (TPSA) is 237 Å². The number of phosphoric ester groups is 2. The number of ether oxygens (including phenoxy) is 4. The van der Waals surface area contributed by atoms with Crippen molar-refractivity contribution in [2.45, 2.75) is 439 Å². The molecule has 0 amide bonds. The quantitative estimate of drug-likeness (QED) is 0.0222. The summed E-state index contributed by atoms with van der Waals surface area (Å²) in [5, 5.41) is 10.6. The van der Waals surface area contributed by atoms with Crippen LogP contribution in [-0.2, 0) is 65.4 Å². The number of rotatable bonds is 79. The average Bonchev–Trinajstić information content (AvgIpc) is 0.919. The predicted octanol–water partition coefficient (Wildman–Crippen LogP) is 24.1. The molecule has 5 atom stereocenters. The number of hydrogen-bond acceptors (Lipinski definition) is 15. The van der Waals surface area contributed by atoms with Crippen molar-refractivity contribution in [2.24, 2.45) is 17.8 Å². The van der Waals surface area contributed by atoms with E-state index in [1.54, 1.807) is 0 Å². The van der Waals surface area contributed by atoms with Gasteiger partial charge in [-0.1, -0.05) is 370 Å². The second kappa shape index (κ2) is 71.3. The Kier molecular flexibility index (Phi) is 69.9. The molecule has 0 heterocycles. The van der Waals surface area contributed by atoms with E-state index in [-0.39, 0.29) is 25.7 Å². The molecule has 17 nitrogen and oxygen atoms in total. The van der Waals surface area contributed by atoms with Crippen LogP contribution in [-0.4, -0.2) is 96.7 Å². The van der Waals surface area contributed by atoms with Crippen LogP contribution in [0.5, 0.6) is 0 Å². The Balaban J connectivity index is 5.12. The van der Waals surface area contributed by atoms with Crippen LogP contribution >= 0.6 is 15.6 Å². The van der Waals surface area contributed by atoms with Crippen molar-refractivity contribution in [2.75, 3.05) is 39.6 Å². The normalized spacial score (nSPS) is 14.0. The van der Waals surface area contributed by atoms with Gasteiger partial charge in [-0.05, 0) is 43.4 Å². The van der Waals surface area contributed by atoms with Crippen LogP contribution in [0.1, 0.15) is 421 Å². The van der Waals surface area contributed by atoms with Gasteiger partial charge in [-0.3, -0.25) is 37.3 Å². The van der Waals surface area contributed by atoms with Gasteiger partial charge >= 0.3 is 39.5 Å². The maximum atomic E-state index is 13.1. The minimum atomic E-state index is -4.96. The molecule has 0 rings (SSSR count). The van der Waals surface area contributed by atoms with Crippen LogP contribution in [0.3, 0.4) is 0 Å². The predicted molar refractivity (Wildman–Crippen MR) is 409 cm³/mol. The number of carbonyl (C=O) groups is 4. The van der Waals surface area contributed by atoms with Gasteiger partial charge in [0.15, 0.2) is 12.2 Å². The molecule has 0 aromatic heterocycles. The first-order valence-corrected chi connectivity index (χ1v) is 44.8. The zero-order valence-electron chi connectivity index (χ0n) is 65.7. The number of unbranched alkanes of at least 4 members (excludes halogenated alkanes) is 47. The summed E-state index contributed by atoms with van der Waals surface area (Å²) in [6.07, 6.45) is 60.2. The summed E-state index contributed by atoms with van der Waals surface area (Å²) in [5.74, 6) is 0.291. The molecule has 0 spiro atoms. The van der Waals surface area contributed by atoms with E-state index in [1.807, 2.05) is 0 Å². The van der Waals surface area contributed by atoms with Crippen molar-refractivity contribution in [3.63, 3.8) is 0 Å². The summed E-state index contributed by atoms with van der Waals surface area (Å²) in [6.45, 7) is 11.9. The molecule has 0 aliphatic rings. The maximum absolute atomic E-state index is 13.1. The minimum absolute atomic E-state index is 0.106. The first-order chi connectivity index (χ1) is 48.2. The summed E-state index contributed by atoms with van der Waals surface area (Å²) in [5.41, 5.74) is 0. The largest absolute Gasteiger partial charge is 0.472 e. The molecule has 0 bridgehead atoms. The molecule has 594 valence electrons. The Hall–Kier alpha value is -1.94. The molecule has 2 unspecified atom stereocenters. The Morgan fingerprint density at radius 1 is 0.270 bits per heavy atom. The van der Waals surface area contributed by atoms with Crippen molar-refractivity contribution in [3.05, 3.63) is 0 Å². The third-order valence-corrected chi connectivity index (χ3v) is 20.8. The van der Waals surface area contributed by atoms with Crippen molar-refractivity contribution in [3.8, 4) is 0 Å². The first kappa shape index (κ1) is 98.1. The number of hydrogen-bond donors (Lipinski definition) is 3. The highest BCUT2D eigenvalue weighted by molar-refractivity contribution is 7.47. The summed E-state index contributed by atoms with van der Waals surface area (Å²) >= 11 is 0. The first-order valence-electron chi connectivity index (χ1n) is 41.8. The van der Waals surface area contributed by atoms with Gasteiger partial charge in [-0.2, -0.15) is 0 Å². The number of carbonyl (C=O) groups excluding carboxylic acids is 4. The van der Waals surface area contributed by atoms with Crippen LogP contribution in [0, 0.1) is 17.8 Å². The Morgan fingerprint density at radius 2 is 0.460 bits per heavy atom. The number of aliphatic hydroxyl groups is 1. The zero-order chi connectivity index (χ0) is 73.7. The molecule has 0 aromatic carbocycles. The van der Waals surface area contributed by atoms with Gasteiger partial charge in [0, 0.05) is 25.7 Å². The Morgan fingerprint density at radius 3 is 0.680 bits per heavy atom. The van der Waals surface area contributed by atoms with Gasteiger partial charge in [0.05, 0.1) is 26.4 Å². The second-order valence-corrected chi connectivity index (χ2v) is 33.5. The van der Waals surface area contributed by atoms with E-state index in [4.69, 9.17) is 37.0 Å². The molecule has 0 aliphatic heterocycles. The number of phosphoric acid groups is 2. The van der Waals surface area contributed by atoms with Gasteiger partial charge in [-0.15, -0.1) is 0 Å². The van der Waals surface area contributed by atoms with Gasteiger partial charge in [-0.25, -0.2) is 9.13 Å². The molecule has 0 radical (unpaired) electrons. The van der Waals surface area contributed by atoms with Crippen LogP contribution in [0.15, 0.2) is 0 Å². The number of aliphatic hydroxyl groups excluding tert-OH is 1. The molecule has 0 saturated heterocycles. The van der Waals surface area contributed by atoms with Gasteiger partial charge in [0.2, 0.25) is 0 Å². The zero-order valence-corrected chi connectivity index (χ0v) is 67.5. The van der Waals surface area contributed by atoms with Crippen molar-refractivity contribution in [1.82, 2.24) is 0 Å². The highest BCUT2D eigenvalue weighted by Gasteiger charge is 2.30. The third-order valence-electron chi connectivity index (χ3n) is 18.9. The molecular formula is C81H158O17P2. The summed E-state index contributed by atoms with van der Waals surface area (Å²) < 4.78 is 68.5. The summed E-state index contributed by atoms with van der Waals surface area (Å²) in [7, 11) is -9.91. The lowest BCUT2D eigenvalue weighted by atomic mass is 10.0. The fourth-order valence-corrected chi connectivity index (χ4v) is 14.1. The highest BCUT2D eigenvalue weighted by Crippen LogP contribution is 2.45. The van der Waals surface area contributed by atoms with Crippen molar-refractivity contribution >= 4 is 39.5 Å². The summed E-state index contributed by atoms with van der Waals surface area (Å²) in [4.78, 5) is 72.7. The Labute approximate surface area is 613 Å². The van der Waals surface area contributed by atoms with Gasteiger partial charge in [0.25, 0.3) is 0 Å². The summed E-state index contributed by atoms with van der Waals surface area (Å²) in [6, 6.07) is 0. The van der Waals surface area contributed by atoms with E-state index in [0.29, 0.717) is 25.7 Å². The van der Waals surface area contributed by atoms with Gasteiger partial charge in [0.1, 0.15) is 19.3 Å². The molecular weight excluding hydrogens is 1310 g/mol. The molecule has 0 aromatic rings. The molecule has 0 aliphatic carbocycles. The molecule has 3 N–H and O–H groups in total. The smallest absolute Gasteiger partial charge is 0.462 e. The van der Waals surface area contributed by atoms with E-state index in [1.165, 1.54) is 225 Å². The standard InChI is InChI=1S/C81H158O17P2/c1-8-9-10-45-55-62-78(83)91-68-76(97-80(85)64-58-51-44-38-32-26-20-23-29-35-41-48-54-61-74(6)7)70-95-99(87,88)93-66-75(82)67-94-100(89,90)96-71-77(69-92-79(84)63-56-49-42-36-30-24-19-15-17-22-28-34-40-47-53-60-73(4)5)98-81(86)65-57-50-43-37-31-25-18-14-12-11-13-16-21-27-33-39-46-52-59-72(2)3/h72-77,82H,8-71H2,1-7H3,(H,87,88)(H,89,90)/t75-,76+,77+/m0/s1. The van der Waals surface area contributed by atoms with E-state index in [9.17, 15) is 43.2 Å². The lowest BCUT2D eigenvalue weighted by Crippen LogP contribution is -2.30. The fraction of sp³-hybridized carbons (Fsp3) is 0.951. The maximum Gasteiger partial charge on any atom is 0.472 e. The van der Waals surface area contributed by atoms with Crippen molar-refractivity contribution < 1.29 is 80.2 Å². The van der Waals surface area contributed by atoms with Crippen LogP contribution in [0.2, 0.25) is 0 Å². The van der Waals surface area contributed by atoms with E-state index in [2.05, 4.69) is 48.5 Å². The molecule has 19 heteroatoms. The molecule has 100 heavy (non-hydrogen) atoms. The second-order valence-electron chi connectivity index (χ2n) is 30.6. The van der Waals surface area contributed by atoms with E-state index < -0.39 is 97.5 Å². The minimum Gasteiger partial charge on any atom is -0.462 e. The average molecular weight is 1470 g/mol. The molecule has 0 saturated carbocycles. The van der Waals surface area contributed by atoms with Crippen LogP contribution in [0.25, 0.3) is 0 Å². The Bertz CT molecular complexity index is 1940. The van der Waals surface area contributed by atoms with Crippen molar-refractivity contribution in [1.29, 1.82) is 0 Å². The van der Waals surface area contributed by atoms with Crippen LogP contribution in [0.4, 0.5) is 0 Å². The lowest BCUT2D eigenvalue weighted by Gasteiger charge is -2.21. The van der Waals surface area contributed by atoms with Gasteiger partial charge < -0.3 is 33.8 Å². The monoisotopic (exact) mass is 1470 g/mol. The van der Waals surface area contributed by atoms with E-state index >= 15 is 0 Å². The van der Waals surface area contributed by atoms with Crippen LogP contribution < -0.4 is 0 Å². The van der Waals surface area contributed by atoms with E-state index in [0.717, 1.165) is 114 Å².